The van der Waals surface area contributed by atoms with Crippen LogP contribution in [-0.2, 0) is 4.74 Å². The number of nitriles is 2. The molecular formula is C15H21N4OS+. The summed E-state index contributed by atoms with van der Waals surface area (Å²) in [7, 11) is 0. The minimum absolute atomic E-state index is 0.389. The van der Waals surface area contributed by atoms with Gasteiger partial charge in [-0.15, -0.1) is 0 Å². The van der Waals surface area contributed by atoms with Crippen molar-refractivity contribution in [3.05, 3.63) is 0 Å². The van der Waals surface area contributed by atoms with E-state index in [9.17, 15) is 10.5 Å². The molecule has 1 aliphatic carbocycles. The van der Waals surface area contributed by atoms with E-state index in [1.165, 1.54) is 0 Å². The van der Waals surface area contributed by atoms with Gasteiger partial charge >= 0.3 is 0 Å². The van der Waals surface area contributed by atoms with Crippen molar-refractivity contribution in [1.82, 2.24) is 0 Å². The number of hydrogen-bond donors (Lipinski definition) is 2. The number of fused-ring (bicyclic) bond motifs is 2. The second-order valence-corrected chi connectivity index (χ2v) is 7.43. The van der Waals surface area contributed by atoms with E-state index in [2.05, 4.69) is 31.0 Å². The van der Waals surface area contributed by atoms with Crippen molar-refractivity contribution in [3.63, 3.8) is 0 Å². The first kappa shape index (κ1) is 14.7. The number of thioether (sulfide) groups is 1. The maximum atomic E-state index is 10.1. The van der Waals surface area contributed by atoms with Crippen LogP contribution in [0.4, 0.5) is 0 Å². The summed E-state index contributed by atoms with van der Waals surface area (Å²) in [5, 5.41) is 19.2. The standard InChI is InChI=1S/C15H20N4OS/c1-3-5-12(6-4-2)13(9-16)11(18)19-15(14(12,13)10-17)20-7-8-21-15/h3-8H2,1-2H3,(H2,18,19)/p+1/t13-,14+,15+/m0/s1. The van der Waals surface area contributed by atoms with Crippen LogP contribution < -0.4 is 10.7 Å². The third-order valence-electron chi connectivity index (χ3n) is 5.52. The molecule has 0 aromatic carbocycles. The molecule has 0 unspecified atom stereocenters. The monoisotopic (exact) mass is 305 g/mol. The maximum Gasteiger partial charge on any atom is 0.277 e. The van der Waals surface area contributed by atoms with Crippen molar-refractivity contribution in [2.75, 3.05) is 12.4 Å². The number of rotatable bonds is 4. The summed E-state index contributed by atoms with van der Waals surface area (Å²) < 4.78 is 5.97. The molecule has 2 heterocycles. The number of ether oxygens (including phenoxy) is 1. The summed E-state index contributed by atoms with van der Waals surface area (Å²) in [4.78, 5) is 3.17. The summed E-state index contributed by atoms with van der Waals surface area (Å²) in [5.74, 6) is 1.25. The van der Waals surface area contributed by atoms with Gasteiger partial charge in [0.25, 0.3) is 10.9 Å². The Kier molecular flexibility index (Phi) is 3.06. The van der Waals surface area contributed by atoms with Crippen LogP contribution in [0.1, 0.15) is 39.5 Å². The Morgan fingerprint density at radius 3 is 2.38 bits per heavy atom. The van der Waals surface area contributed by atoms with E-state index < -0.39 is 15.9 Å². The molecule has 5 nitrogen and oxygen atoms in total. The fourth-order valence-electron chi connectivity index (χ4n) is 5.02. The number of nitrogens with one attached hydrogen (secondary N) is 1. The minimum atomic E-state index is -0.919. The van der Waals surface area contributed by atoms with E-state index in [1.807, 2.05) is 0 Å². The molecule has 0 amide bonds. The Balaban J connectivity index is 2.23. The second kappa shape index (κ2) is 4.38. The van der Waals surface area contributed by atoms with E-state index in [0.717, 1.165) is 31.4 Å². The summed E-state index contributed by atoms with van der Waals surface area (Å²) in [5.41, 5.74) is 4.07. The van der Waals surface area contributed by atoms with Crippen LogP contribution in [0.2, 0.25) is 0 Å². The lowest BCUT2D eigenvalue weighted by atomic mass is 9.82. The van der Waals surface area contributed by atoms with Crippen molar-refractivity contribution in [3.8, 4) is 12.1 Å². The molecule has 1 spiro atoms. The Bertz CT molecular complexity index is 577. The lowest BCUT2D eigenvalue weighted by Crippen LogP contribution is -2.88. The molecule has 6 heteroatoms. The van der Waals surface area contributed by atoms with Crippen LogP contribution in [0.3, 0.4) is 0 Å². The predicted molar refractivity (Wildman–Crippen MR) is 79.6 cm³/mol. The van der Waals surface area contributed by atoms with Crippen LogP contribution in [-0.4, -0.2) is 23.3 Å². The van der Waals surface area contributed by atoms with Crippen LogP contribution >= 0.6 is 11.8 Å². The van der Waals surface area contributed by atoms with Crippen molar-refractivity contribution in [2.45, 2.75) is 44.6 Å². The number of amidine groups is 1. The largest absolute Gasteiger partial charge is 0.327 e. The van der Waals surface area contributed by atoms with Gasteiger partial charge in [-0.2, -0.15) is 10.5 Å². The Morgan fingerprint density at radius 2 is 1.95 bits per heavy atom. The quantitative estimate of drug-likeness (QED) is 0.787. The van der Waals surface area contributed by atoms with E-state index in [4.69, 9.17) is 10.5 Å². The van der Waals surface area contributed by atoms with Gasteiger partial charge in [0.1, 0.15) is 0 Å². The Morgan fingerprint density at radius 1 is 1.29 bits per heavy atom. The number of hydrogen-bond acceptors (Lipinski definition) is 5. The fourth-order valence-corrected chi connectivity index (χ4v) is 6.44. The molecule has 2 aliphatic heterocycles. The molecule has 3 rings (SSSR count). The zero-order valence-electron chi connectivity index (χ0n) is 12.5. The Hall–Kier alpha value is -1.24. The lowest BCUT2D eigenvalue weighted by Gasteiger charge is -2.29. The lowest BCUT2D eigenvalue weighted by molar-refractivity contribution is -0.585. The van der Waals surface area contributed by atoms with Gasteiger partial charge in [0.05, 0.1) is 18.7 Å². The topological polar surface area (TPSA) is 96.8 Å². The molecular weight excluding hydrogens is 284 g/mol. The zero-order valence-corrected chi connectivity index (χ0v) is 13.3. The normalized spacial score (nSPS) is 42.2. The SMILES string of the molecule is CCCC1(CCC)[C@@]2(C#N)[C@@]3([NH+]=C(N)[C@@]12C#N)OCCS3. The van der Waals surface area contributed by atoms with E-state index in [-0.39, 0.29) is 5.41 Å². The van der Waals surface area contributed by atoms with Gasteiger partial charge in [0.2, 0.25) is 0 Å². The zero-order chi connectivity index (χ0) is 15.4. The van der Waals surface area contributed by atoms with Crippen LogP contribution in [0.5, 0.6) is 0 Å². The van der Waals surface area contributed by atoms with Crippen molar-refractivity contribution < 1.29 is 9.73 Å². The van der Waals surface area contributed by atoms with Gasteiger partial charge in [-0.3, -0.25) is 5.73 Å². The second-order valence-electron chi connectivity index (χ2n) is 6.16. The van der Waals surface area contributed by atoms with Crippen LogP contribution in [0, 0.1) is 38.9 Å². The van der Waals surface area contributed by atoms with E-state index in [1.54, 1.807) is 11.8 Å². The molecule has 0 aromatic rings. The number of nitrogens with zero attached hydrogens (tertiary/aromatic N) is 2. The highest BCUT2D eigenvalue weighted by atomic mass is 32.2. The first-order chi connectivity index (χ1) is 10.1. The average Bonchev–Trinajstić information content (AvgIpc) is 2.76. The molecule has 1 saturated carbocycles. The van der Waals surface area contributed by atoms with Gasteiger partial charge < -0.3 is 4.74 Å². The van der Waals surface area contributed by atoms with Crippen molar-refractivity contribution in [2.24, 2.45) is 22.0 Å². The van der Waals surface area contributed by atoms with Gasteiger partial charge in [-0.05, 0) is 12.8 Å². The smallest absolute Gasteiger partial charge is 0.277 e. The molecule has 0 aromatic heterocycles. The van der Waals surface area contributed by atoms with Gasteiger partial charge in [-0.1, -0.05) is 38.5 Å². The molecule has 3 atom stereocenters. The van der Waals surface area contributed by atoms with Crippen molar-refractivity contribution in [1.29, 1.82) is 10.5 Å². The molecule has 21 heavy (non-hydrogen) atoms. The minimum Gasteiger partial charge on any atom is -0.327 e. The third kappa shape index (κ3) is 1.18. The molecule has 0 bridgehead atoms. The molecule has 0 radical (unpaired) electrons. The first-order valence-corrected chi connectivity index (χ1v) is 8.58. The van der Waals surface area contributed by atoms with Gasteiger partial charge in [-0.25, -0.2) is 4.99 Å². The van der Waals surface area contributed by atoms with Gasteiger partial charge in [0, 0.05) is 11.2 Å². The molecule has 2 fully saturated rings. The molecule has 3 aliphatic rings. The molecule has 112 valence electrons. The summed E-state index contributed by atoms with van der Waals surface area (Å²) >= 11 is 1.59. The summed E-state index contributed by atoms with van der Waals surface area (Å²) in [6.07, 6.45) is 3.52. The number of nitrogens with two attached hydrogens (primary N) is 1. The molecule has 3 N–H and O–H groups in total. The summed E-state index contributed by atoms with van der Waals surface area (Å²) in [6, 6.07) is 4.93. The average molecular weight is 305 g/mol. The van der Waals surface area contributed by atoms with E-state index in [0.29, 0.717) is 12.4 Å². The fraction of sp³-hybridized carbons (Fsp3) is 0.800. The predicted octanol–water partition coefficient (Wildman–Crippen LogP) is 0.475. The van der Waals surface area contributed by atoms with Crippen LogP contribution in [0.25, 0.3) is 0 Å². The van der Waals surface area contributed by atoms with Crippen molar-refractivity contribution >= 4 is 17.6 Å². The highest BCUT2D eigenvalue weighted by Gasteiger charge is 3.02. The summed E-state index contributed by atoms with van der Waals surface area (Å²) in [6.45, 7) is 4.78. The Labute approximate surface area is 129 Å². The maximum absolute atomic E-state index is 10.1. The molecule has 1 saturated heterocycles. The van der Waals surface area contributed by atoms with E-state index >= 15 is 0 Å². The van der Waals surface area contributed by atoms with Gasteiger partial charge in [0.15, 0.2) is 10.8 Å². The van der Waals surface area contributed by atoms with Crippen LogP contribution in [0.15, 0.2) is 0 Å². The first-order valence-electron chi connectivity index (χ1n) is 7.59. The highest BCUT2D eigenvalue weighted by molar-refractivity contribution is 8.00. The highest BCUT2D eigenvalue weighted by Crippen LogP contribution is 2.86. The third-order valence-corrected chi connectivity index (χ3v) is 6.82.